The van der Waals surface area contributed by atoms with Crippen molar-refractivity contribution in [3.63, 3.8) is 0 Å². The van der Waals surface area contributed by atoms with Crippen molar-refractivity contribution in [1.29, 1.82) is 0 Å². The van der Waals surface area contributed by atoms with E-state index in [1.54, 1.807) is 74.5 Å². The van der Waals surface area contributed by atoms with Gasteiger partial charge in [0.2, 0.25) is 0 Å². The Morgan fingerprint density at radius 3 is 2.39 bits per heavy atom. The number of carbonyl (C=O) groups excluding carboxylic acids is 2. The van der Waals surface area contributed by atoms with E-state index in [4.69, 9.17) is 23.7 Å². The molecule has 0 unspecified atom stereocenters. The van der Waals surface area contributed by atoms with Crippen LogP contribution in [-0.4, -0.2) is 87.3 Å². The molecule has 10 heteroatoms. The standard InChI is InChI=1S/C34H36O10/c1-18(2)33-26(42-29(37)21-11-7-5-8-12-21)20(4)34(43-22-13-9-6-10-14-22)23-15-19(3)25(36)32(23,39)30(38)31(16-35)27(44-31)24(34)28(33)40-17-41-33/h5-15,20,23-24,26-28,30,35,38-39H,1,16-17H2,2-4H3/t20-,23-,24+,26-,27+,28-,30-,31+,32-,33+,34+/m1/s1. The minimum atomic E-state index is -2.43. The van der Waals surface area contributed by atoms with Gasteiger partial charge in [0.15, 0.2) is 17.0 Å². The highest BCUT2D eigenvalue weighted by atomic mass is 16.7. The highest BCUT2D eigenvalue weighted by Crippen LogP contribution is 2.68. The first kappa shape index (κ1) is 29.3. The molecule has 2 aliphatic heterocycles. The molecule has 2 heterocycles. The third-order valence-corrected chi connectivity index (χ3v) is 10.7. The zero-order valence-electron chi connectivity index (χ0n) is 24.7. The number of para-hydroxylation sites is 1. The molecule has 4 fully saturated rings. The lowest BCUT2D eigenvalue weighted by molar-refractivity contribution is -0.247. The molecule has 0 aromatic heterocycles. The number of esters is 1. The lowest BCUT2D eigenvalue weighted by Gasteiger charge is -2.60. The van der Waals surface area contributed by atoms with Crippen LogP contribution in [0.4, 0.5) is 0 Å². The first-order valence-electron chi connectivity index (χ1n) is 14.8. The van der Waals surface area contributed by atoms with Crippen molar-refractivity contribution in [2.45, 2.75) is 67.6 Å². The second-order valence-electron chi connectivity index (χ2n) is 12.7. The van der Waals surface area contributed by atoms with E-state index in [0.717, 1.165) is 0 Å². The lowest BCUT2D eigenvalue weighted by atomic mass is 9.53. The minimum absolute atomic E-state index is 0.175. The average Bonchev–Trinajstić information content (AvgIpc) is 3.52. The number of epoxide rings is 1. The van der Waals surface area contributed by atoms with Crippen LogP contribution in [0.25, 0.3) is 0 Å². The summed E-state index contributed by atoms with van der Waals surface area (Å²) in [5.74, 6) is -3.73. The summed E-state index contributed by atoms with van der Waals surface area (Å²) in [4.78, 5) is 27.6. The van der Waals surface area contributed by atoms with Crippen molar-refractivity contribution in [2.24, 2.45) is 17.8 Å². The van der Waals surface area contributed by atoms with Gasteiger partial charge in [-0.1, -0.05) is 56.0 Å². The van der Waals surface area contributed by atoms with Gasteiger partial charge in [0.1, 0.15) is 48.2 Å². The van der Waals surface area contributed by atoms with Gasteiger partial charge in [0, 0.05) is 5.92 Å². The molecule has 10 nitrogen and oxygen atoms in total. The molecule has 2 saturated carbocycles. The van der Waals surface area contributed by atoms with E-state index in [9.17, 15) is 24.9 Å². The van der Waals surface area contributed by atoms with Crippen molar-refractivity contribution >= 4 is 11.8 Å². The number of aliphatic hydroxyl groups excluding tert-OH is 2. The Hall–Kier alpha value is -3.38. The Kier molecular flexibility index (Phi) is 6.54. The summed E-state index contributed by atoms with van der Waals surface area (Å²) < 4.78 is 32.3. The maximum atomic E-state index is 13.8. The third kappa shape index (κ3) is 3.52. The highest BCUT2D eigenvalue weighted by molar-refractivity contribution is 6.05. The zero-order valence-corrected chi connectivity index (χ0v) is 24.7. The third-order valence-electron chi connectivity index (χ3n) is 10.7. The van der Waals surface area contributed by atoms with Crippen LogP contribution < -0.4 is 4.74 Å². The predicted octanol–water partition coefficient (Wildman–Crippen LogP) is 2.36. The van der Waals surface area contributed by atoms with E-state index in [-0.39, 0.29) is 12.4 Å². The number of hydrogen-bond donors (Lipinski definition) is 3. The van der Waals surface area contributed by atoms with Crippen molar-refractivity contribution < 1.29 is 48.6 Å². The number of rotatable bonds is 6. The number of benzene rings is 2. The minimum Gasteiger partial charge on any atom is -0.486 e. The van der Waals surface area contributed by atoms with Gasteiger partial charge in [-0.05, 0) is 49.3 Å². The van der Waals surface area contributed by atoms with E-state index in [1.807, 2.05) is 13.0 Å². The fourth-order valence-corrected chi connectivity index (χ4v) is 8.60. The van der Waals surface area contributed by atoms with Gasteiger partial charge < -0.3 is 39.0 Å². The summed E-state index contributed by atoms with van der Waals surface area (Å²) in [6.45, 7) is 8.54. The smallest absolute Gasteiger partial charge is 0.338 e. The van der Waals surface area contributed by atoms with Crippen LogP contribution in [0.15, 0.2) is 84.5 Å². The van der Waals surface area contributed by atoms with Gasteiger partial charge >= 0.3 is 5.97 Å². The van der Waals surface area contributed by atoms with Crippen LogP contribution in [0, 0.1) is 17.8 Å². The Morgan fingerprint density at radius 2 is 1.75 bits per heavy atom. The first-order valence-corrected chi connectivity index (χ1v) is 14.8. The molecule has 2 aromatic rings. The van der Waals surface area contributed by atoms with E-state index < -0.39 is 82.9 Å². The summed E-state index contributed by atoms with van der Waals surface area (Å²) in [7, 11) is 0. The molecule has 0 bridgehead atoms. The molecule has 7 rings (SSSR count). The van der Waals surface area contributed by atoms with Crippen LogP contribution in [0.3, 0.4) is 0 Å². The quantitative estimate of drug-likeness (QED) is 0.255. The van der Waals surface area contributed by atoms with Crippen molar-refractivity contribution in [1.82, 2.24) is 0 Å². The SMILES string of the molecule is C=C(C)[C@@]12OCO[C@@H]1[C@@H]1[C@@H]3O[C@]3(CO)[C@@H](O)[C@]3(O)C(=O)C(C)=C[C@H]3[C@@]1(Oc1ccccc1)[C@H](C)[C@H]2OC(=O)c1ccccc1. The number of Topliss-reactive ketones (excluding diaryl/α,β-unsaturated/α-hetero) is 1. The van der Waals surface area contributed by atoms with Crippen LogP contribution in [0.2, 0.25) is 0 Å². The zero-order chi connectivity index (χ0) is 31.2. The maximum Gasteiger partial charge on any atom is 0.338 e. The molecule has 3 N–H and O–H groups in total. The van der Waals surface area contributed by atoms with Gasteiger partial charge in [-0.3, -0.25) is 4.79 Å². The molecule has 3 aliphatic carbocycles. The summed E-state index contributed by atoms with van der Waals surface area (Å²) >= 11 is 0. The second kappa shape index (κ2) is 9.81. The van der Waals surface area contributed by atoms with Crippen molar-refractivity contribution in [3.8, 4) is 5.75 Å². The Bertz CT molecular complexity index is 1540. The highest BCUT2D eigenvalue weighted by Gasteiger charge is 2.86. The van der Waals surface area contributed by atoms with E-state index in [1.165, 1.54) is 0 Å². The topological polar surface area (TPSA) is 144 Å². The van der Waals surface area contributed by atoms with Crippen LogP contribution >= 0.6 is 0 Å². The lowest BCUT2D eigenvalue weighted by Crippen LogP contribution is -2.77. The van der Waals surface area contributed by atoms with Gasteiger partial charge in [-0.15, -0.1) is 0 Å². The Labute approximate surface area is 254 Å². The Morgan fingerprint density at radius 1 is 1.09 bits per heavy atom. The van der Waals surface area contributed by atoms with E-state index in [2.05, 4.69) is 6.58 Å². The predicted molar refractivity (Wildman–Crippen MR) is 154 cm³/mol. The number of fused-ring (bicyclic) bond motifs is 7. The normalized spacial score (nSPS) is 43.5. The van der Waals surface area contributed by atoms with Gasteiger partial charge in [0.25, 0.3) is 0 Å². The monoisotopic (exact) mass is 604 g/mol. The second-order valence-corrected chi connectivity index (χ2v) is 12.7. The molecule has 2 saturated heterocycles. The van der Waals surface area contributed by atoms with Crippen LogP contribution in [0.5, 0.6) is 5.75 Å². The van der Waals surface area contributed by atoms with E-state index in [0.29, 0.717) is 16.9 Å². The van der Waals surface area contributed by atoms with Gasteiger partial charge in [-0.25, -0.2) is 4.79 Å². The molecule has 44 heavy (non-hydrogen) atoms. The summed E-state index contributed by atoms with van der Waals surface area (Å²) in [5, 5.41) is 35.0. The van der Waals surface area contributed by atoms with Gasteiger partial charge in [0.05, 0.1) is 24.0 Å². The van der Waals surface area contributed by atoms with Crippen molar-refractivity contribution in [2.75, 3.05) is 13.4 Å². The molecule has 0 spiro atoms. The molecule has 5 aliphatic rings. The molecule has 0 amide bonds. The molecular formula is C34H36O10. The summed E-state index contributed by atoms with van der Waals surface area (Å²) in [6, 6.07) is 17.4. The van der Waals surface area contributed by atoms with Crippen molar-refractivity contribution in [3.05, 3.63) is 90.0 Å². The largest absolute Gasteiger partial charge is 0.486 e. The molecule has 232 valence electrons. The number of ketones is 1. The molecule has 11 atom stereocenters. The van der Waals surface area contributed by atoms with Crippen LogP contribution in [0.1, 0.15) is 31.1 Å². The van der Waals surface area contributed by atoms with E-state index >= 15 is 0 Å². The first-order chi connectivity index (χ1) is 21.0. The fraction of sp³-hybridized carbons (Fsp3) is 0.471. The number of hydrogen-bond acceptors (Lipinski definition) is 10. The average molecular weight is 605 g/mol. The number of aliphatic hydroxyl groups is 3. The number of ether oxygens (including phenoxy) is 5. The summed E-state index contributed by atoms with van der Waals surface area (Å²) in [5.41, 5.74) is -6.04. The summed E-state index contributed by atoms with van der Waals surface area (Å²) in [6.07, 6.45) is -3.15. The molecule has 0 radical (unpaired) electrons. The Balaban J connectivity index is 1.50. The fourth-order valence-electron chi connectivity index (χ4n) is 8.60. The number of carbonyl (C=O) groups is 2. The maximum absolute atomic E-state index is 13.8. The van der Waals surface area contributed by atoms with Crippen LogP contribution in [-0.2, 0) is 23.7 Å². The molecule has 2 aromatic carbocycles. The van der Waals surface area contributed by atoms with Gasteiger partial charge in [-0.2, -0.15) is 0 Å². The molecular weight excluding hydrogens is 568 g/mol.